The Balaban J connectivity index is 2.70. The Hall–Kier alpha value is -1.19. The summed E-state index contributed by atoms with van der Waals surface area (Å²) in [6.45, 7) is 8.43. The van der Waals surface area contributed by atoms with Crippen LogP contribution in [0.3, 0.4) is 0 Å². The van der Waals surface area contributed by atoms with E-state index in [0.29, 0.717) is 5.56 Å². The van der Waals surface area contributed by atoms with E-state index in [-0.39, 0.29) is 11.9 Å². The van der Waals surface area contributed by atoms with Crippen LogP contribution in [-0.4, -0.2) is 7.05 Å². The molecule has 0 fully saturated rings. The van der Waals surface area contributed by atoms with Crippen molar-refractivity contribution in [1.82, 2.24) is 5.32 Å². The largest absolute Gasteiger partial charge is 0.309 e. The number of hydrogen-bond acceptors (Lipinski definition) is 1. The van der Waals surface area contributed by atoms with E-state index in [1.54, 1.807) is 6.07 Å². The molecule has 21 heavy (non-hydrogen) atoms. The molecule has 0 aromatic heterocycles. The zero-order valence-electron chi connectivity index (χ0n) is 13.1. The van der Waals surface area contributed by atoms with E-state index in [2.05, 4.69) is 55.0 Å². The minimum atomic E-state index is -0.185. The van der Waals surface area contributed by atoms with E-state index in [0.717, 1.165) is 4.47 Å². The summed E-state index contributed by atoms with van der Waals surface area (Å²) >= 11 is 3.44. The van der Waals surface area contributed by atoms with Crippen molar-refractivity contribution >= 4 is 15.9 Å². The predicted octanol–water partition coefficient (Wildman–Crippen LogP) is 5.13. The summed E-state index contributed by atoms with van der Waals surface area (Å²) in [5.74, 6) is -0.185. The van der Waals surface area contributed by atoms with Gasteiger partial charge in [0.2, 0.25) is 0 Å². The topological polar surface area (TPSA) is 12.0 Å². The molecule has 0 saturated heterocycles. The SMILES string of the molecule is CNC(c1cc(Br)ccc1F)c1c(C)c(C)cc(C)c1C. The molecule has 0 saturated carbocycles. The third-order valence-electron chi connectivity index (χ3n) is 4.27. The van der Waals surface area contributed by atoms with Crippen molar-refractivity contribution in [3.8, 4) is 0 Å². The van der Waals surface area contributed by atoms with Crippen LogP contribution in [0.4, 0.5) is 4.39 Å². The highest BCUT2D eigenvalue weighted by molar-refractivity contribution is 9.10. The second-order valence-corrected chi connectivity index (χ2v) is 6.48. The highest BCUT2D eigenvalue weighted by Gasteiger charge is 2.22. The maximum absolute atomic E-state index is 14.3. The van der Waals surface area contributed by atoms with Crippen molar-refractivity contribution < 1.29 is 4.39 Å². The lowest BCUT2D eigenvalue weighted by molar-refractivity contribution is 0.573. The fourth-order valence-corrected chi connectivity index (χ4v) is 3.25. The fourth-order valence-electron chi connectivity index (χ4n) is 2.87. The van der Waals surface area contributed by atoms with Crippen LogP contribution in [0.1, 0.15) is 39.4 Å². The third-order valence-corrected chi connectivity index (χ3v) is 4.76. The lowest BCUT2D eigenvalue weighted by Gasteiger charge is -2.25. The molecule has 1 N–H and O–H groups in total. The van der Waals surface area contributed by atoms with E-state index < -0.39 is 0 Å². The molecule has 112 valence electrons. The molecule has 1 nitrogen and oxygen atoms in total. The van der Waals surface area contributed by atoms with E-state index >= 15 is 0 Å². The molecule has 0 heterocycles. The summed E-state index contributed by atoms with van der Waals surface area (Å²) in [5, 5.41) is 3.28. The van der Waals surface area contributed by atoms with Crippen LogP contribution >= 0.6 is 15.9 Å². The average Bonchev–Trinajstić information content (AvgIpc) is 2.44. The summed E-state index contributed by atoms with van der Waals surface area (Å²) in [6, 6.07) is 7.13. The van der Waals surface area contributed by atoms with E-state index in [1.165, 1.54) is 33.9 Å². The number of rotatable bonds is 3. The van der Waals surface area contributed by atoms with E-state index in [4.69, 9.17) is 0 Å². The molecule has 0 radical (unpaired) electrons. The number of aryl methyl sites for hydroxylation is 2. The van der Waals surface area contributed by atoms with Crippen molar-refractivity contribution in [2.24, 2.45) is 0 Å². The molecule has 1 atom stereocenters. The van der Waals surface area contributed by atoms with Crippen LogP contribution in [0.5, 0.6) is 0 Å². The third kappa shape index (κ3) is 3.04. The maximum Gasteiger partial charge on any atom is 0.128 e. The first-order valence-electron chi connectivity index (χ1n) is 7.06. The van der Waals surface area contributed by atoms with Gasteiger partial charge in [0.05, 0.1) is 6.04 Å². The minimum Gasteiger partial charge on any atom is -0.309 e. The van der Waals surface area contributed by atoms with Crippen LogP contribution in [0, 0.1) is 33.5 Å². The summed E-state index contributed by atoms with van der Waals surface area (Å²) in [5.41, 5.74) is 6.76. The van der Waals surface area contributed by atoms with Gasteiger partial charge < -0.3 is 5.32 Å². The van der Waals surface area contributed by atoms with Gasteiger partial charge in [-0.25, -0.2) is 4.39 Å². The zero-order chi connectivity index (χ0) is 15.7. The van der Waals surface area contributed by atoms with Gasteiger partial charge in [0, 0.05) is 10.0 Å². The normalized spacial score (nSPS) is 12.5. The van der Waals surface area contributed by atoms with Gasteiger partial charge in [0.25, 0.3) is 0 Å². The molecule has 0 bridgehead atoms. The van der Waals surface area contributed by atoms with Gasteiger partial charge >= 0.3 is 0 Å². The molecule has 0 aliphatic rings. The number of halogens is 2. The van der Waals surface area contributed by atoms with Gasteiger partial charge in [-0.15, -0.1) is 0 Å². The maximum atomic E-state index is 14.3. The Kier molecular flexibility index (Phi) is 4.84. The minimum absolute atomic E-state index is 0.152. The fraction of sp³-hybridized carbons (Fsp3) is 0.333. The van der Waals surface area contributed by atoms with Gasteiger partial charge in [-0.1, -0.05) is 22.0 Å². The van der Waals surface area contributed by atoms with E-state index in [9.17, 15) is 4.39 Å². The molecule has 1 unspecified atom stereocenters. The Bertz CT molecular complexity index is 653. The molecule has 0 amide bonds. The summed E-state index contributed by atoms with van der Waals surface area (Å²) in [7, 11) is 1.88. The molecular weight excluding hydrogens is 329 g/mol. The molecule has 3 heteroatoms. The summed E-state index contributed by atoms with van der Waals surface area (Å²) in [6.07, 6.45) is 0. The first-order chi connectivity index (χ1) is 9.86. The van der Waals surface area contributed by atoms with Crippen molar-refractivity contribution in [3.05, 3.63) is 67.9 Å². The van der Waals surface area contributed by atoms with Gasteiger partial charge in [0.15, 0.2) is 0 Å². The second-order valence-electron chi connectivity index (χ2n) is 5.56. The van der Waals surface area contributed by atoms with E-state index in [1.807, 2.05) is 13.1 Å². The first kappa shape index (κ1) is 16.2. The molecular formula is C18H21BrFN. The first-order valence-corrected chi connectivity index (χ1v) is 7.85. The number of nitrogens with one attached hydrogen (secondary N) is 1. The molecule has 2 aromatic carbocycles. The smallest absolute Gasteiger partial charge is 0.128 e. The van der Waals surface area contributed by atoms with Gasteiger partial charge in [-0.3, -0.25) is 0 Å². The van der Waals surface area contributed by atoms with Crippen LogP contribution in [-0.2, 0) is 0 Å². The number of hydrogen-bond donors (Lipinski definition) is 1. The van der Waals surface area contributed by atoms with Gasteiger partial charge in [0.1, 0.15) is 5.82 Å². The lowest BCUT2D eigenvalue weighted by atomic mass is 9.86. The highest BCUT2D eigenvalue weighted by atomic mass is 79.9. The lowest BCUT2D eigenvalue weighted by Crippen LogP contribution is -2.22. The van der Waals surface area contributed by atoms with Crippen molar-refractivity contribution in [2.75, 3.05) is 7.05 Å². The Labute approximate surface area is 134 Å². The molecule has 2 rings (SSSR count). The monoisotopic (exact) mass is 349 g/mol. The average molecular weight is 350 g/mol. The van der Waals surface area contributed by atoms with Gasteiger partial charge in [-0.05, 0) is 80.8 Å². The Morgan fingerprint density at radius 3 is 2.10 bits per heavy atom. The molecule has 0 spiro atoms. The standard InChI is InChI=1S/C18H21BrFN/c1-10-8-11(2)13(4)17(12(10)3)18(21-5)15-9-14(19)6-7-16(15)20/h6-9,18,21H,1-5H3. The van der Waals surface area contributed by atoms with Crippen molar-refractivity contribution in [1.29, 1.82) is 0 Å². The molecule has 0 aliphatic heterocycles. The van der Waals surface area contributed by atoms with Crippen LogP contribution in [0.25, 0.3) is 0 Å². The molecule has 0 aliphatic carbocycles. The summed E-state index contributed by atoms with van der Waals surface area (Å²) < 4.78 is 15.2. The Morgan fingerprint density at radius 2 is 1.57 bits per heavy atom. The quantitative estimate of drug-likeness (QED) is 0.809. The van der Waals surface area contributed by atoms with Crippen LogP contribution in [0.2, 0.25) is 0 Å². The predicted molar refractivity (Wildman–Crippen MR) is 90.4 cm³/mol. The number of benzene rings is 2. The van der Waals surface area contributed by atoms with Crippen molar-refractivity contribution in [2.45, 2.75) is 33.7 Å². The van der Waals surface area contributed by atoms with Crippen LogP contribution in [0.15, 0.2) is 28.7 Å². The summed E-state index contributed by atoms with van der Waals surface area (Å²) in [4.78, 5) is 0. The van der Waals surface area contributed by atoms with Crippen molar-refractivity contribution in [3.63, 3.8) is 0 Å². The van der Waals surface area contributed by atoms with Gasteiger partial charge in [-0.2, -0.15) is 0 Å². The highest BCUT2D eigenvalue weighted by Crippen LogP contribution is 2.33. The Morgan fingerprint density at radius 1 is 1.00 bits per heavy atom. The molecule has 2 aromatic rings. The second kappa shape index (κ2) is 6.29. The zero-order valence-corrected chi connectivity index (χ0v) is 14.7. The van der Waals surface area contributed by atoms with Crippen LogP contribution < -0.4 is 5.32 Å².